The summed E-state index contributed by atoms with van der Waals surface area (Å²) in [5.74, 6) is 0. The second kappa shape index (κ2) is 6.82. The second-order valence-electron chi connectivity index (χ2n) is 4.69. The molecule has 19 heavy (non-hydrogen) atoms. The van der Waals surface area contributed by atoms with Crippen LogP contribution >= 0.6 is 15.9 Å². The molecule has 0 fully saturated rings. The summed E-state index contributed by atoms with van der Waals surface area (Å²) in [7, 11) is 1.99. The van der Waals surface area contributed by atoms with Crippen molar-refractivity contribution in [2.75, 3.05) is 6.54 Å². The van der Waals surface area contributed by atoms with Gasteiger partial charge >= 0.3 is 0 Å². The molecule has 2 aromatic rings. The fraction of sp³-hybridized carbons (Fsp3) is 0.429. The molecule has 2 aromatic heterocycles. The van der Waals surface area contributed by atoms with Gasteiger partial charge in [0.1, 0.15) is 0 Å². The van der Waals surface area contributed by atoms with Crippen LogP contribution in [0.15, 0.2) is 35.5 Å². The molecule has 5 heteroatoms. The molecule has 1 N–H and O–H groups in total. The summed E-state index contributed by atoms with van der Waals surface area (Å²) in [5.41, 5.74) is 2.28. The molecule has 2 rings (SSSR count). The second-order valence-corrected chi connectivity index (χ2v) is 5.60. The Morgan fingerprint density at radius 2 is 2.26 bits per heavy atom. The zero-order valence-electron chi connectivity index (χ0n) is 11.3. The fourth-order valence-electron chi connectivity index (χ4n) is 2.02. The average molecular weight is 323 g/mol. The van der Waals surface area contributed by atoms with Gasteiger partial charge in [0.2, 0.25) is 0 Å². The first kappa shape index (κ1) is 14.2. The van der Waals surface area contributed by atoms with Gasteiger partial charge < -0.3 is 9.88 Å². The Morgan fingerprint density at radius 1 is 1.42 bits per heavy atom. The summed E-state index contributed by atoms with van der Waals surface area (Å²) in [4.78, 5) is 8.67. The summed E-state index contributed by atoms with van der Waals surface area (Å²) < 4.78 is 3.00. The third kappa shape index (κ3) is 4.14. The van der Waals surface area contributed by atoms with Gasteiger partial charge in [-0.15, -0.1) is 0 Å². The van der Waals surface area contributed by atoms with Crippen molar-refractivity contribution in [1.82, 2.24) is 19.9 Å². The molecule has 0 saturated carbocycles. The lowest BCUT2D eigenvalue weighted by Crippen LogP contribution is -2.24. The normalized spacial score (nSPS) is 12.6. The van der Waals surface area contributed by atoms with E-state index in [0.29, 0.717) is 0 Å². The molecule has 0 saturated heterocycles. The van der Waals surface area contributed by atoms with Crippen LogP contribution in [0.1, 0.15) is 30.6 Å². The highest BCUT2D eigenvalue weighted by Gasteiger charge is 2.14. The van der Waals surface area contributed by atoms with Crippen LogP contribution in [-0.4, -0.2) is 21.1 Å². The molecule has 0 radical (unpaired) electrons. The average Bonchev–Trinajstić information content (AvgIpc) is 2.81. The van der Waals surface area contributed by atoms with E-state index in [1.807, 2.05) is 24.1 Å². The number of hydrogen-bond donors (Lipinski definition) is 1. The van der Waals surface area contributed by atoms with Crippen LogP contribution in [0.5, 0.6) is 0 Å². The summed E-state index contributed by atoms with van der Waals surface area (Å²) in [5, 5.41) is 3.55. The van der Waals surface area contributed by atoms with Gasteiger partial charge in [-0.2, -0.15) is 0 Å². The maximum Gasteiger partial charge on any atom is 0.0947 e. The van der Waals surface area contributed by atoms with Crippen LogP contribution in [0.3, 0.4) is 0 Å². The number of hydrogen-bond acceptors (Lipinski definition) is 3. The monoisotopic (exact) mass is 322 g/mol. The molecule has 0 bridgehead atoms. The van der Waals surface area contributed by atoms with Crippen molar-refractivity contribution in [2.24, 2.45) is 7.05 Å². The molecule has 0 aliphatic carbocycles. The van der Waals surface area contributed by atoms with Gasteiger partial charge in [0.25, 0.3) is 0 Å². The molecule has 102 valence electrons. The highest BCUT2D eigenvalue weighted by molar-refractivity contribution is 9.10. The van der Waals surface area contributed by atoms with Crippen molar-refractivity contribution >= 4 is 15.9 Å². The zero-order chi connectivity index (χ0) is 13.7. The minimum atomic E-state index is 0.234. The molecule has 2 heterocycles. The first-order chi connectivity index (χ1) is 9.19. The molecule has 4 nitrogen and oxygen atoms in total. The Labute approximate surface area is 122 Å². The Balaban J connectivity index is 2.13. The van der Waals surface area contributed by atoms with Gasteiger partial charge in [-0.05, 0) is 46.9 Å². The van der Waals surface area contributed by atoms with Gasteiger partial charge in [-0.1, -0.05) is 6.92 Å². The molecule has 0 aliphatic heterocycles. The number of pyridine rings is 1. The van der Waals surface area contributed by atoms with Crippen LogP contribution in [0.4, 0.5) is 0 Å². The molecular weight excluding hydrogens is 304 g/mol. The number of aromatic nitrogens is 3. The van der Waals surface area contributed by atoms with E-state index in [2.05, 4.69) is 50.4 Å². The van der Waals surface area contributed by atoms with Crippen molar-refractivity contribution < 1.29 is 0 Å². The quantitative estimate of drug-likeness (QED) is 0.889. The van der Waals surface area contributed by atoms with Crippen LogP contribution in [-0.2, 0) is 13.5 Å². The summed E-state index contributed by atoms with van der Waals surface area (Å²) in [6.45, 7) is 3.16. The lowest BCUT2D eigenvalue weighted by Gasteiger charge is -2.16. The topological polar surface area (TPSA) is 42.7 Å². The maximum absolute atomic E-state index is 4.46. The van der Waals surface area contributed by atoms with Crippen LogP contribution in [0.25, 0.3) is 0 Å². The number of nitrogens with one attached hydrogen (secondary N) is 1. The largest absolute Gasteiger partial charge is 0.340 e. The van der Waals surface area contributed by atoms with Gasteiger partial charge in [0.15, 0.2) is 0 Å². The first-order valence-electron chi connectivity index (χ1n) is 6.49. The predicted octanol–water partition coefficient (Wildman–Crippen LogP) is 2.86. The van der Waals surface area contributed by atoms with Crippen molar-refractivity contribution in [3.63, 3.8) is 0 Å². The highest BCUT2D eigenvalue weighted by Crippen LogP contribution is 2.18. The van der Waals surface area contributed by atoms with Crippen molar-refractivity contribution in [2.45, 2.75) is 25.8 Å². The predicted molar refractivity (Wildman–Crippen MR) is 79.9 cm³/mol. The third-order valence-corrected chi connectivity index (χ3v) is 3.36. The van der Waals surface area contributed by atoms with Crippen LogP contribution < -0.4 is 5.32 Å². The van der Waals surface area contributed by atoms with E-state index in [0.717, 1.165) is 29.6 Å². The van der Waals surface area contributed by atoms with Gasteiger partial charge in [-0.25, -0.2) is 4.98 Å². The first-order valence-corrected chi connectivity index (χ1v) is 7.29. The highest BCUT2D eigenvalue weighted by atomic mass is 79.9. The van der Waals surface area contributed by atoms with E-state index < -0.39 is 0 Å². The Bertz CT molecular complexity index is 524. The van der Waals surface area contributed by atoms with Gasteiger partial charge in [0, 0.05) is 30.1 Å². The van der Waals surface area contributed by atoms with Gasteiger partial charge in [0.05, 0.1) is 18.1 Å². The molecule has 0 aromatic carbocycles. The van der Waals surface area contributed by atoms with E-state index in [1.54, 1.807) is 6.20 Å². The minimum absolute atomic E-state index is 0.234. The summed E-state index contributed by atoms with van der Waals surface area (Å²) in [6.07, 6.45) is 9.63. The van der Waals surface area contributed by atoms with Crippen molar-refractivity contribution in [3.05, 3.63) is 46.7 Å². The van der Waals surface area contributed by atoms with E-state index >= 15 is 0 Å². The van der Waals surface area contributed by atoms with Crippen LogP contribution in [0, 0.1) is 0 Å². The minimum Gasteiger partial charge on any atom is -0.340 e. The smallest absolute Gasteiger partial charge is 0.0947 e. The fourth-order valence-corrected chi connectivity index (χ4v) is 2.43. The lowest BCUT2D eigenvalue weighted by atomic mass is 10.1. The van der Waals surface area contributed by atoms with E-state index in [1.165, 1.54) is 5.56 Å². The lowest BCUT2D eigenvalue weighted by molar-refractivity contribution is 0.518. The molecular formula is C14H19BrN4. The van der Waals surface area contributed by atoms with E-state index in [-0.39, 0.29) is 6.04 Å². The molecule has 1 atom stereocenters. The number of nitrogens with zero attached hydrogens (tertiary/aromatic N) is 3. The number of halogens is 1. The number of aryl methyl sites for hydroxylation is 1. The molecule has 1 unspecified atom stereocenters. The van der Waals surface area contributed by atoms with Crippen LogP contribution in [0.2, 0.25) is 0 Å². The summed E-state index contributed by atoms with van der Waals surface area (Å²) >= 11 is 3.46. The van der Waals surface area contributed by atoms with Crippen molar-refractivity contribution in [1.29, 1.82) is 0 Å². The van der Waals surface area contributed by atoms with E-state index in [4.69, 9.17) is 0 Å². The third-order valence-electron chi connectivity index (χ3n) is 2.92. The Kier molecular flexibility index (Phi) is 5.10. The number of imidazole rings is 1. The zero-order valence-corrected chi connectivity index (χ0v) is 12.9. The molecule has 0 spiro atoms. The van der Waals surface area contributed by atoms with Gasteiger partial charge in [-0.3, -0.25) is 4.98 Å². The SMILES string of the molecule is CCCNC(Cc1cncc(Br)c1)c1cn(C)cn1. The molecule has 0 aliphatic rings. The Morgan fingerprint density at radius 3 is 2.89 bits per heavy atom. The maximum atomic E-state index is 4.46. The van der Waals surface area contributed by atoms with E-state index in [9.17, 15) is 0 Å². The van der Waals surface area contributed by atoms with Crippen molar-refractivity contribution in [3.8, 4) is 0 Å². The Hall–Kier alpha value is -1.20. The molecule has 0 amide bonds. The standard InChI is InChI=1S/C14H19BrN4/c1-3-4-17-13(14-9-19(2)10-18-14)6-11-5-12(15)8-16-7-11/h5,7-10,13,17H,3-4,6H2,1-2H3. The number of rotatable bonds is 6. The summed E-state index contributed by atoms with van der Waals surface area (Å²) in [6, 6.07) is 2.34.